The van der Waals surface area contributed by atoms with Crippen molar-refractivity contribution in [3.05, 3.63) is 0 Å². The van der Waals surface area contributed by atoms with Gasteiger partial charge in [-0.1, -0.05) is 13.8 Å². The number of rotatable bonds is 11. The van der Waals surface area contributed by atoms with E-state index in [1.54, 1.807) is 0 Å². The Morgan fingerprint density at radius 3 is 2.04 bits per heavy atom. The second-order valence-electron chi connectivity index (χ2n) is 5.75. The van der Waals surface area contributed by atoms with Gasteiger partial charge in [0.05, 0.1) is 19.8 Å². The van der Waals surface area contributed by atoms with Gasteiger partial charge in [0.1, 0.15) is 6.10 Å². The van der Waals surface area contributed by atoms with E-state index in [-0.39, 0.29) is 0 Å². The number of carboxylic acid groups (broad SMARTS) is 2. The van der Waals surface area contributed by atoms with Gasteiger partial charge in [0.15, 0.2) is 12.0 Å². The third-order valence-corrected chi connectivity index (χ3v) is 3.24. The monoisotopic (exact) mass is 350 g/mol. The van der Waals surface area contributed by atoms with E-state index in [9.17, 15) is 24.3 Å². The standard InChI is InChI=1S/C13H22N2O9/c1-13(2,5-16)8(17)10(19)15-3-7(9(14)18)24-4-6(11(20)21)12(22)23/h6-8,16-17H,3-5H2,1-2H3,(H2,14,18)(H,15,19)(H,20,21)(H,22,23). The summed E-state index contributed by atoms with van der Waals surface area (Å²) in [7, 11) is 0. The van der Waals surface area contributed by atoms with E-state index in [1.165, 1.54) is 13.8 Å². The van der Waals surface area contributed by atoms with E-state index < -0.39 is 67.1 Å². The van der Waals surface area contributed by atoms with Crippen molar-refractivity contribution in [2.45, 2.75) is 26.1 Å². The van der Waals surface area contributed by atoms with Crippen LogP contribution in [0.2, 0.25) is 0 Å². The molecule has 11 heteroatoms. The second kappa shape index (κ2) is 9.15. The molecular formula is C13H22N2O9. The van der Waals surface area contributed by atoms with E-state index >= 15 is 0 Å². The molecule has 0 rings (SSSR count). The summed E-state index contributed by atoms with van der Waals surface area (Å²) in [4.78, 5) is 44.4. The maximum Gasteiger partial charge on any atom is 0.320 e. The third kappa shape index (κ3) is 6.48. The van der Waals surface area contributed by atoms with Crippen LogP contribution in [0.5, 0.6) is 0 Å². The Hall–Kier alpha value is -2.24. The fourth-order valence-electron chi connectivity index (χ4n) is 1.43. The lowest BCUT2D eigenvalue weighted by molar-refractivity contribution is -0.160. The zero-order valence-corrected chi connectivity index (χ0v) is 13.3. The molecule has 0 aliphatic heterocycles. The summed E-state index contributed by atoms with van der Waals surface area (Å²) in [5.74, 6) is -7.18. The molecule has 138 valence electrons. The summed E-state index contributed by atoms with van der Waals surface area (Å²) < 4.78 is 4.85. The quantitative estimate of drug-likeness (QED) is 0.212. The number of carbonyl (C=O) groups excluding carboxylic acids is 2. The van der Waals surface area contributed by atoms with Gasteiger partial charge in [0, 0.05) is 5.41 Å². The topological polar surface area (TPSA) is 196 Å². The number of hydrogen-bond donors (Lipinski definition) is 6. The van der Waals surface area contributed by atoms with Gasteiger partial charge in [-0.3, -0.25) is 19.2 Å². The Labute approximate surface area is 137 Å². The Kier molecular flexibility index (Phi) is 8.30. The van der Waals surface area contributed by atoms with Crippen LogP contribution in [0.25, 0.3) is 0 Å². The number of aliphatic hydroxyl groups excluding tert-OH is 2. The minimum atomic E-state index is -1.90. The van der Waals surface area contributed by atoms with Crippen molar-refractivity contribution in [1.29, 1.82) is 0 Å². The van der Waals surface area contributed by atoms with Gasteiger partial charge in [0.2, 0.25) is 11.8 Å². The van der Waals surface area contributed by atoms with E-state index in [0.717, 1.165) is 0 Å². The second-order valence-corrected chi connectivity index (χ2v) is 5.75. The normalized spacial score (nSPS) is 14.0. The highest BCUT2D eigenvalue weighted by atomic mass is 16.5. The van der Waals surface area contributed by atoms with Crippen molar-refractivity contribution >= 4 is 23.8 Å². The highest BCUT2D eigenvalue weighted by molar-refractivity contribution is 5.93. The summed E-state index contributed by atoms with van der Waals surface area (Å²) in [6.07, 6.45) is -3.07. The van der Waals surface area contributed by atoms with Gasteiger partial charge < -0.3 is 36.2 Å². The number of aliphatic carboxylic acids is 2. The van der Waals surface area contributed by atoms with Crippen molar-refractivity contribution < 1.29 is 44.3 Å². The Bertz CT molecular complexity index is 478. The van der Waals surface area contributed by atoms with Crippen molar-refractivity contribution in [2.24, 2.45) is 17.1 Å². The first-order valence-electron chi connectivity index (χ1n) is 6.87. The summed E-state index contributed by atoms with van der Waals surface area (Å²) in [5, 5.41) is 38.4. The number of primary amides is 1. The molecule has 0 aromatic heterocycles. The number of carbonyl (C=O) groups is 4. The van der Waals surface area contributed by atoms with Crippen molar-refractivity contribution in [3.63, 3.8) is 0 Å². The van der Waals surface area contributed by atoms with Gasteiger partial charge in [-0.25, -0.2) is 0 Å². The van der Waals surface area contributed by atoms with Crippen LogP contribution in [-0.4, -0.2) is 76.1 Å². The maximum absolute atomic E-state index is 11.8. The number of carboxylic acids is 2. The van der Waals surface area contributed by atoms with E-state index in [0.29, 0.717) is 0 Å². The molecule has 0 heterocycles. The lowest BCUT2D eigenvalue weighted by atomic mass is 9.87. The van der Waals surface area contributed by atoms with Gasteiger partial charge in [-0.05, 0) is 0 Å². The first-order chi connectivity index (χ1) is 10.9. The Balaban J connectivity index is 4.71. The lowest BCUT2D eigenvalue weighted by Gasteiger charge is -2.27. The fourth-order valence-corrected chi connectivity index (χ4v) is 1.43. The summed E-state index contributed by atoms with van der Waals surface area (Å²) in [6, 6.07) is 0. The first-order valence-corrected chi connectivity index (χ1v) is 6.87. The van der Waals surface area contributed by atoms with Crippen molar-refractivity contribution in [2.75, 3.05) is 19.8 Å². The van der Waals surface area contributed by atoms with Crippen LogP contribution in [-0.2, 0) is 23.9 Å². The van der Waals surface area contributed by atoms with Crippen LogP contribution in [0.15, 0.2) is 0 Å². The predicted octanol–water partition coefficient (Wildman–Crippen LogP) is -2.86. The molecule has 0 aromatic carbocycles. The molecule has 0 aliphatic rings. The number of nitrogens with one attached hydrogen (secondary N) is 1. The summed E-state index contributed by atoms with van der Waals surface area (Å²) in [5.41, 5.74) is 3.90. The number of hydrogen-bond acceptors (Lipinski definition) is 7. The SMILES string of the molecule is CC(C)(CO)C(O)C(=O)NCC(OCC(C(=O)O)C(=O)O)C(N)=O. The van der Waals surface area contributed by atoms with Gasteiger partial charge in [0.25, 0.3) is 0 Å². The molecule has 24 heavy (non-hydrogen) atoms. The van der Waals surface area contributed by atoms with E-state index in [4.69, 9.17) is 25.8 Å². The van der Waals surface area contributed by atoms with Crippen LogP contribution in [0, 0.1) is 11.3 Å². The molecule has 7 N–H and O–H groups in total. The Morgan fingerprint density at radius 1 is 1.17 bits per heavy atom. The smallest absolute Gasteiger partial charge is 0.320 e. The maximum atomic E-state index is 11.8. The molecule has 0 spiro atoms. The van der Waals surface area contributed by atoms with Crippen LogP contribution in [0.4, 0.5) is 0 Å². The molecule has 11 nitrogen and oxygen atoms in total. The van der Waals surface area contributed by atoms with Crippen LogP contribution in [0.3, 0.4) is 0 Å². The van der Waals surface area contributed by atoms with E-state index in [1.807, 2.05) is 0 Å². The highest BCUT2D eigenvalue weighted by Crippen LogP contribution is 2.19. The first kappa shape index (κ1) is 21.8. The molecule has 0 aliphatic carbocycles. The fraction of sp³-hybridized carbons (Fsp3) is 0.692. The largest absolute Gasteiger partial charge is 0.481 e. The van der Waals surface area contributed by atoms with Crippen molar-refractivity contribution in [3.8, 4) is 0 Å². The molecule has 0 radical (unpaired) electrons. The Morgan fingerprint density at radius 2 is 1.67 bits per heavy atom. The predicted molar refractivity (Wildman–Crippen MR) is 77.6 cm³/mol. The van der Waals surface area contributed by atoms with Gasteiger partial charge in [-0.2, -0.15) is 0 Å². The third-order valence-electron chi connectivity index (χ3n) is 3.24. The zero-order valence-electron chi connectivity index (χ0n) is 13.3. The summed E-state index contributed by atoms with van der Waals surface area (Å²) in [6.45, 7) is 1.06. The number of ether oxygens (including phenoxy) is 1. The molecule has 2 unspecified atom stereocenters. The average molecular weight is 350 g/mol. The van der Waals surface area contributed by atoms with Gasteiger partial charge >= 0.3 is 11.9 Å². The molecule has 2 amide bonds. The number of amides is 2. The number of nitrogens with two attached hydrogens (primary N) is 1. The number of aliphatic hydroxyl groups is 2. The molecule has 0 aromatic rings. The van der Waals surface area contributed by atoms with Crippen molar-refractivity contribution in [1.82, 2.24) is 5.32 Å². The van der Waals surface area contributed by atoms with E-state index in [2.05, 4.69) is 5.32 Å². The highest BCUT2D eigenvalue weighted by Gasteiger charge is 2.34. The molecule has 0 saturated heterocycles. The summed E-state index contributed by atoms with van der Waals surface area (Å²) >= 11 is 0. The van der Waals surface area contributed by atoms with Crippen LogP contribution >= 0.6 is 0 Å². The van der Waals surface area contributed by atoms with Crippen LogP contribution in [0.1, 0.15) is 13.8 Å². The molecule has 0 fully saturated rings. The average Bonchev–Trinajstić information content (AvgIpc) is 2.48. The van der Waals surface area contributed by atoms with Gasteiger partial charge in [-0.15, -0.1) is 0 Å². The minimum absolute atomic E-state index is 0.476. The molecule has 2 atom stereocenters. The molecule has 0 bridgehead atoms. The lowest BCUT2D eigenvalue weighted by Crippen LogP contribution is -2.50. The minimum Gasteiger partial charge on any atom is -0.481 e. The molecular weight excluding hydrogens is 328 g/mol. The zero-order chi connectivity index (χ0) is 19.1. The van der Waals surface area contributed by atoms with Crippen LogP contribution < -0.4 is 11.1 Å². The molecule has 0 saturated carbocycles.